The fraction of sp³-hybridized carbons (Fsp3) is 0.0714. The fourth-order valence-electron chi connectivity index (χ4n) is 1.58. The highest BCUT2D eigenvalue weighted by atomic mass is 35.5. The standard InChI is InChI=1S/C14H10ClF3N4S2/c15-9-1-3-10(4-2-9)24-12-5-8(14(16,17)18)6-20-11(12)7-21-22-13(19)23/h1-7H,(H3,19,22,23)/b21-7-. The Balaban J connectivity index is 2.37. The maximum Gasteiger partial charge on any atom is 0.417 e. The van der Waals surface area contributed by atoms with Gasteiger partial charge in [0, 0.05) is 21.0 Å². The molecule has 0 saturated carbocycles. The van der Waals surface area contributed by atoms with Gasteiger partial charge in [0.25, 0.3) is 0 Å². The molecule has 0 spiro atoms. The van der Waals surface area contributed by atoms with Crippen molar-refractivity contribution in [3.63, 3.8) is 0 Å². The van der Waals surface area contributed by atoms with Crippen molar-refractivity contribution in [3.8, 4) is 0 Å². The van der Waals surface area contributed by atoms with Crippen molar-refractivity contribution < 1.29 is 13.2 Å². The van der Waals surface area contributed by atoms with Crippen LogP contribution in [0, 0.1) is 0 Å². The Labute approximate surface area is 150 Å². The quantitative estimate of drug-likeness (QED) is 0.468. The molecule has 0 fully saturated rings. The summed E-state index contributed by atoms with van der Waals surface area (Å²) in [7, 11) is 0. The van der Waals surface area contributed by atoms with Crippen LogP contribution < -0.4 is 11.2 Å². The molecule has 1 aromatic heterocycles. The lowest BCUT2D eigenvalue weighted by molar-refractivity contribution is -0.138. The predicted molar refractivity (Wildman–Crippen MR) is 92.3 cm³/mol. The number of nitrogens with zero attached hydrogens (tertiary/aromatic N) is 2. The number of halogens is 4. The van der Waals surface area contributed by atoms with Crippen molar-refractivity contribution in [2.75, 3.05) is 0 Å². The Morgan fingerprint density at radius 1 is 1.33 bits per heavy atom. The van der Waals surface area contributed by atoms with Gasteiger partial charge in [0.05, 0.1) is 17.5 Å². The van der Waals surface area contributed by atoms with Crippen LogP contribution in [0.4, 0.5) is 13.2 Å². The fourth-order valence-corrected chi connectivity index (χ4v) is 2.68. The van der Waals surface area contributed by atoms with E-state index in [1.54, 1.807) is 24.3 Å². The molecule has 2 rings (SSSR count). The molecule has 0 aliphatic heterocycles. The Hall–Kier alpha value is -1.84. The maximum absolute atomic E-state index is 12.9. The van der Waals surface area contributed by atoms with Gasteiger partial charge in [0.1, 0.15) is 0 Å². The summed E-state index contributed by atoms with van der Waals surface area (Å²) in [5.41, 5.74) is 6.95. The first kappa shape index (κ1) is 18.5. The number of hydrogen-bond donors (Lipinski definition) is 2. The molecule has 0 unspecified atom stereocenters. The van der Waals surface area contributed by atoms with Crippen LogP contribution in [0.5, 0.6) is 0 Å². The highest BCUT2D eigenvalue weighted by Gasteiger charge is 2.31. The molecular formula is C14H10ClF3N4S2. The summed E-state index contributed by atoms with van der Waals surface area (Å²) >= 11 is 11.5. The van der Waals surface area contributed by atoms with E-state index in [9.17, 15) is 13.2 Å². The molecule has 0 radical (unpaired) electrons. The lowest BCUT2D eigenvalue weighted by Gasteiger charge is -2.10. The molecule has 0 saturated heterocycles. The van der Waals surface area contributed by atoms with Crippen molar-refractivity contribution in [2.24, 2.45) is 10.8 Å². The molecule has 10 heteroatoms. The van der Waals surface area contributed by atoms with Gasteiger partial charge in [-0.05, 0) is 42.5 Å². The first-order valence-electron chi connectivity index (χ1n) is 6.35. The molecule has 0 amide bonds. The number of nitrogens with one attached hydrogen (secondary N) is 1. The Bertz CT molecular complexity index is 764. The molecule has 0 aliphatic carbocycles. The minimum atomic E-state index is -4.49. The normalized spacial score (nSPS) is 11.7. The number of hydrazone groups is 1. The van der Waals surface area contributed by atoms with Crippen molar-refractivity contribution in [2.45, 2.75) is 16.0 Å². The minimum Gasteiger partial charge on any atom is -0.375 e. The Kier molecular flexibility index (Phi) is 6.03. The molecule has 126 valence electrons. The summed E-state index contributed by atoms with van der Waals surface area (Å²) < 4.78 is 38.7. The summed E-state index contributed by atoms with van der Waals surface area (Å²) in [4.78, 5) is 4.80. The highest BCUT2D eigenvalue weighted by Crippen LogP contribution is 2.35. The summed E-state index contributed by atoms with van der Waals surface area (Å²) in [5, 5.41) is 4.20. The monoisotopic (exact) mass is 390 g/mol. The summed E-state index contributed by atoms with van der Waals surface area (Å²) in [5.74, 6) is 0. The van der Waals surface area contributed by atoms with Gasteiger partial charge < -0.3 is 5.73 Å². The van der Waals surface area contributed by atoms with Gasteiger partial charge in [-0.25, -0.2) is 0 Å². The van der Waals surface area contributed by atoms with E-state index >= 15 is 0 Å². The van der Waals surface area contributed by atoms with Crippen LogP contribution >= 0.6 is 35.6 Å². The average Bonchev–Trinajstić information content (AvgIpc) is 2.49. The molecule has 4 nitrogen and oxygen atoms in total. The molecule has 0 bridgehead atoms. The van der Waals surface area contributed by atoms with Crippen molar-refractivity contribution in [1.82, 2.24) is 10.4 Å². The third-order valence-corrected chi connectivity index (χ3v) is 4.01. The predicted octanol–water partition coefficient (Wildman–Crippen LogP) is 4.07. The lowest BCUT2D eigenvalue weighted by atomic mass is 10.2. The zero-order chi connectivity index (χ0) is 17.7. The van der Waals surface area contributed by atoms with Crippen molar-refractivity contribution in [1.29, 1.82) is 0 Å². The molecule has 24 heavy (non-hydrogen) atoms. The van der Waals surface area contributed by atoms with Crippen LogP contribution in [0.1, 0.15) is 11.3 Å². The number of nitrogens with two attached hydrogens (primary N) is 1. The third kappa shape index (κ3) is 5.36. The van der Waals surface area contributed by atoms with Crippen LogP contribution in [0.3, 0.4) is 0 Å². The van der Waals surface area contributed by atoms with Gasteiger partial charge in [-0.3, -0.25) is 10.4 Å². The SMILES string of the molecule is NC(=S)N/N=C\c1ncc(C(F)(F)F)cc1Sc1ccc(Cl)cc1. The van der Waals surface area contributed by atoms with E-state index in [2.05, 4.69) is 27.7 Å². The van der Waals surface area contributed by atoms with E-state index in [4.69, 9.17) is 17.3 Å². The molecular weight excluding hydrogens is 381 g/mol. The lowest BCUT2D eigenvalue weighted by Crippen LogP contribution is -2.24. The first-order valence-corrected chi connectivity index (χ1v) is 7.95. The van der Waals surface area contributed by atoms with Crippen LogP contribution in [-0.4, -0.2) is 16.3 Å². The molecule has 2 aromatic rings. The number of alkyl halides is 3. The molecule has 0 atom stereocenters. The summed E-state index contributed by atoms with van der Waals surface area (Å²) in [6, 6.07) is 7.69. The zero-order valence-electron chi connectivity index (χ0n) is 11.8. The summed E-state index contributed by atoms with van der Waals surface area (Å²) in [6.45, 7) is 0. The van der Waals surface area contributed by atoms with E-state index in [0.717, 1.165) is 24.0 Å². The zero-order valence-corrected chi connectivity index (χ0v) is 14.2. The van der Waals surface area contributed by atoms with E-state index in [1.807, 2.05) is 0 Å². The Morgan fingerprint density at radius 2 is 2.00 bits per heavy atom. The van der Waals surface area contributed by atoms with Crippen LogP contribution in [0.2, 0.25) is 5.02 Å². The van der Waals surface area contributed by atoms with E-state index < -0.39 is 11.7 Å². The number of thiocarbonyl (C=S) groups is 1. The van der Waals surface area contributed by atoms with Crippen molar-refractivity contribution in [3.05, 3.63) is 52.8 Å². The molecule has 1 heterocycles. The second-order valence-electron chi connectivity index (χ2n) is 4.40. The minimum absolute atomic E-state index is 0.0648. The van der Waals surface area contributed by atoms with Gasteiger partial charge in [0.15, 0.2) is 5.11 Å². The van der Waals surface area contributed by atoms with Gasteiger partial charge >= 0.3 is 6.18 Å². The number of rotatable bonds is 4. The van der Waals surface area contributed by atoms with E-state index in [1.165, 1.54) is 6.21 Å². The van der Waals surface area contributed by atoms with E-state index in [-0.39, 0.29) is 15.7 Å². The van der Waals surface area contributed by atoms with Gasteiger partial charge in [-0.2, -0.15) is 18.3 Å². The van der Waals surface area contributed by atoms with Crippen LogP contribution in [0.15, 0.2) is 51.4 Å². The number of benzene rings is 1. The maximum atomic E-state index is 12.9. The largest absolute Gasteiger partial charge is 0.417 e. The number of hydrogen-bond acceptors (Lipinski definition) is 4. The second kappa shape index (κ2) is 7.82. The summed E-state index contributed by atoms with van der Waals surface area (Å²) in [6.07, 6.45) is -2.50. The van der Waals surface area contributed by atoms with Gasteiger partial charge in [-0.1, -0.05) is 23.4 Å². The molecule has 1 aromatic carbocycles. The first-order chi connectivity index (χ1) is 11.3. The third-order valence-electron chi connectivity index (χ3n) is 2.61. The topological polar surface area (TPSA) is 63.3 Å². The highest BCUT2D eigenvalue weighted by molar-refractivity contribution is 7.99. The van der Waals surface area contributed by atoms with Crippen molar-refractivity contribution >= 4 is 46.9 Å². The number of aromatic nitrogens is 1. The second-order valence-corrected chi connectivity index (χ2v) is 6.39. The smallest absolute Gasteiger partial charge is 0.375 e. The van der Waals surface area contributed by atoms with Crippen LogP contribution in [-0.2, 0) is 6.18 Å². The van der Waals surface area contributed by atoms with Gasteiger partial charge in [0.2, 0.25) is 0 Å². The molecule has 3 N–H and O–H groups in total. The van der Waals surface area contributed by atoms with Gasteiger partial charge in [-0.15, -0.1) is 0 Å². The van der Waals surface area contributed by atoms with Crippen LogP contribution in [0.25, 0.3) is 0 Å². The average molecular weight is 391 g/mol. The molecule has 0 aliphatic rings. The number of pyridine rings is 1. The Morgan fingerprint density at radius 3 is 2.58 bits per heavy atom. The van der Waals surface area contributed by atoms with E-state index in [0.29, 0.717) is 9.92 Å².